The zero-order valence-electron chi connectivity index (χ0n) is 6.35. The Kier molecular flexibility index (Phi) is 2.23. The first-order valence-corrected chi connectivity index (χ1v) is 3.25. The first-order chi connectivity index (χ1) is 5.59. The zero-order valence-corrected chi connectivity index (χ0v) is 6.35. The third kappa shape index (κ3) is 1.91. The Morgan fingerprint density at radius 1 is 1.67 bits per heavy atom. The van der Waals surface area contributed by atoms with Crippen molar-refractivity contribution in [2.24, 2.45) is 0 Å². The van der Waals surface area contributed by atoms with Crippen LogP contribution in [0.3, 0.4) is 0 Å². The second kappa shape index (κ2) is 3.17. The third-order valence-electron chi connectivity index (χ3n) is 1.18. The molecule has 0 spiro atoms. The Balaban J connectivity index is 3.06. The molecule has 5 heteroatoms. The molecule has 0 atom stereocenters. The van der Waals surface area contributed by atoms with Crippen molar-refractivity contribution in [3.63, 3.8) is 0 Å². The first-order valence-electron chi connectivity index (χ1n) is 3.25. The Hall–Kier alpha value is -1.65. The number of hydrogen-bond acceptors (Lipinski definition) is 2. The van der Waals surface area contributed by atoms with E-state index in [2.05, 4.69) is 10.3 Å². The number of hydrogen-bond donors (Lipinski definition) is 2. The number of rotatable bonds is 1. The fourth-order valence-electron chi connectivity index (χ4n) is 0.740. The Labute approximate surface area is 67.4 Å². The summed E-state index contributed by atoms with van der Waals surface area (Å²) in [6, 6.07) is 0.959. The fraction of sp³-hybridized carbons (Fsp3) is 0.143. The van der Waals surface area contributed by atoms with Crippen LogP contribution < -0.4 is 10.9 Å². The Bertz CT molecular complexity index is 359. The van der Waals surface area contributed by atoms with Crippen LogP contribution >= 0.6 is 0 Å². The SMILES string of the molecule is CC(=O)Nc1cc(F)c[nH]c1=O. The maximum absolute atomic E-state index is 12.5. The topological polar surface area (TPSA) is 62.0 Å². The summed E-state index contributed by atoms with van der Waals surface area (Å²) in [5, 5.41) is 2.19. The van der Waals surface area contributed by atoms with E-state index in [1.165, 1.54) is 6.92 Å². The van der Waals surface area contributed by atoms with Crippen LogP contribution in [0.15, 0.2) is 17.1 Å². The van der Waals surface area contributed by atoms with E-state index in [0.717, 1.165) is 12.3 Å². The highest BCUT2D eigenvalue weighted by molar-refractivity contribution is 5.88. The lowest BCUT2D eigenvalue weighted by Gasteiger charge is -1.98. The normalized spacial score (nSPS) is 9.50. The van der Waals surface area contributed by atoms with Crippen LogP contribution in [0.2, 0.25) is 0 Å². The van der Waals surface area contributed by atoms with Gasteiger partial charge in [-0.05, 0) is 0 Å². The van der Waals surface area contributed by atoms with E-state index in [4.69, 9.17) is 0 Å². The zero-order chi connectivity index (χ0) is 9.14. The number of carbonyl (C=O) groups excluding carboxylic acids is 1. The molecule has 0 aromatic carbocycles. The van der Waals surface area contributed by atoms with Crippen LogP contribution in [-0.4, -0.2) is 10.9 Å². The monoisotopic (exact) mass is 170 g/mol. The summed E-state index contributed by atoms with van der Waals surface area (Å²) in [7, 11) is 0. The van der Waals surface area contributed by atoms with Gasteiger partial charge in [0.15, 0.2) is 0 Å². The van der Waals surface area contributed by atoms with Gasteiger partial charge in [0.1, 0.15) is 11.5 Å². The van der Waals surface area contributed by atoms with E-state index in [9.17, 15) is 14.0 Å². The number of anilines is 1. The highest BCUT2D eigenvalue weighted by Gasteiger charge is 2.01. The average Bonchev–Trinajstić information content (AvgIpc) is 1.96. The van der Waals surface area contributed by atoms with Gasteiger partial charge in [-0.3, -0.25) is 9.59 Å². The third-order valence-corrected chi connectivity index (χ3v) is 1.18. The molecule has 0 unspecified atom stereocenters. The number of nitrogens with one attached hydrogen (secondary N) is 2. The molecular weight excluding hydrogens is 163 g/mol. The van der Waals surface area contributed by atoms with Gasteiger partial charge in [0, 0.05) is 19.2 Å². The maximum atomic E-state index is 12.5. The largest absolute Gasteiger partial charge is 0.324 e. The first kappa shape index (κ1) is 8.45. The summed E-state index contributed by atoms with van der Waals surface area (Å²) in [5.41, 5.74) is -0.603. The number of aromatic nitrogens is 1. The van der Waals surface area contributed by atoms with Crippen molar-refractivity contribution in [2.75, 3.05) is 5.32 Å². The molecule has 0 bridgehead atoms. The van der Waals surface area contributed by atoms with Gasteiger partial charge in [-0.1, -0.05) is 0 Å². The number of aromatic amines is 1. The molecule has 0 saturated heterocycles. The summed E-state index contributed by atoms with van der Waals surface area (Å²) in [4.78, 5) is 23.5. The lowest BCUT2D eigenvalue weighted by atomic mass is 10.4. The van der Waals surface area contributed by atoms with E-state index >= 15 is 0 Å². The van der Waals surface area contributed by atoms with Gasteiger partial charge in [0.2, 0.25) is 5.91 Å². The molecule has 4 nitrogen and oxygen atoms in total. The lowest BCUT2D eigenvalue weighted by molar-refractivity contribution is -0.114. The molecule has 0 aliphatic heterocycles. The molecule has 0 aliphatic rings. The summed E-state index contributed by atoms with van der Waals surface area (Å²) >= 11 is 0. The molecule has 1 aromatic rings. The Morgan fingerprint density at radius 2 is 2.33 bits per heavy atom. The smallest absolute Gasteiger partial charge is 0.271 e. The number of halogens is 1. The molecule has 1 aromatic heterocycles. The van der Waals surface area contributed by atoms with Gasteiger partial charge in [-0.25, -0.2) is 4.39 Å². The summed E-state index contributed by atoms with van der Waals surface area (Å²) < 4.78 is 12.5. The highest BCUT2D eigenvalue weighted by Crippen LogP contribution is 2.00. The molecule has 12 heavy (non-hydrogen) atoms. The van der Waals surface area contributed by atoms with Crippen LogP contribution in [0, 0.1) is 5.82 Å². The van der Waals surface area contributed by atoms with Gasteiger partial charge in [-0.15, -0.1) is 0 Å². The van der Waals surface area contributed by atoms with E-state index in [-0.39, 0.29) is 5.69 Å². The summed E-state index contributed by atoms with van der Waals surface area (Å²) in [6.45, 7) is 1.24. The Morgan fingerprint density at radius 3 is 2.92 bits per heavy atom. The van der Waals surface area contributed by atoms with Crippen LogP contribution in [0.1, 0.15) is 6.92 Å². The van der Waals surface area contributed by atoms with E-state index < -0.39 is 17.3 Å². The molecular formula is C7H7FN2O2. The van der Waals surface area contributed by atoms with E-state index in [0.29, 0.717) is 0 Å². The molecule has 0 aliphatic carbocycles. The van der Waals surface area contributed by atoms with Crippen LogP contribution in [0.5, 0.6) is 0 Å². The van der Waals surface area contributed by atoms with Crippen LogP contribution in [-0.2, 0) is 4.79 Å². The minimum Gasteiger partial charge on any atom is -0.324 e. The van der Waals surface area contributed by atoms with Crippen molar-refractivity contribution in [1.29, 1.82) is 0 Å². The van der Waals surface area contributed by atoms with Gasteiger partial charge >= 0.3 is 0 Å². The minimum absolute atomic E-state index is 0.0810. The van der Waals surface area contributed by atoms with Crippen molar-refractivity contribution in [3.8, 4) is 0 Å². The molecule has 1 rings (SSSR count). The standard InChI is InChI=1S/C7H7FN2O2/c1-4(11)10-6-2-5(8)3-9-7(6)12/h2-3H,1H3,(H,9,12)(H,10,11). The number of pyridine rings is 1. The molecule has 0 fully saturated rings. The second-order valence-corrected chi connectivity index (χ2v) is 2.24. The minimum atomic E-state index is -0.599. The number of H-pyrrole nitrogens is 1. The molecule has 1 heterocycles. The van der Waals surface area contributed by atoms with Crippen LogP contribution in [0.25, 0.3) is 0 Å². The molecule has 0 saturated carbocycles. The quantitative estimate of drug-likeness (QED) is 0.643. The van der Waals surface area contributed by atoms with Crippen LogP contribution in [0.4, 0.5) is 10.1 Å². The summed E-state index contributed by atoms with van der Waals surface area (Å²) in [6.07, 6.45) is 0.924. The predicted octanol–water partition coefficient (Wildman–Crippen LogP) is 0.472. The van der Waals surface area contributed by atoms with E-state index in [1.807, 2.05) is 0 Å². The lowest BCUT2D eigenvalue weighted by Crippen LogP contribution is -2.17. The average molecular weight is 170 g/mol. The van der Waals surface area contributed by atoms with E-state index in [1.54, 1.807) is 0 Å². The van der Waals surface area contributed by atoms with Crippen molar-refractivity contribution in [1.82, 2.24) is 4.98 Å². The molecule has 64 valence electrons. The highest BCUT2D eigenvalue weighted by atomic mass is 19.1. The van der Waals surface area contributed by atoms with Crippen molar-refractivity contribution in [3.05, 3.63) is 28.4 Å². The van der Waals surface area contributed by atoms with Crippen molar-refractivity contribution < 1.29 is 9.18 Å². The van der Waals surface area contributed by atoms with Crippen molar-refractivity contribution >= 4 is 11.6 Å². The van der Waals surface area contributed by atoms with Gasteiger partial charge in [0.25, 0.3) is 5.56 Å². The second-order valence-electron chi connectivity index (χ2n) is 2.24. The summed E-state index contributed by atoms with van der Waals surface area (Å²) in [5.74, 6) is -1.01. The van der Waals surface area contributed by atoms with Gasteiger partial charge in [-0.2, -0.15) is 0 Å². The number of amides is 1. The fourth-order valence-corrected chi connectivity index (χ4v) is 0.740. The number of carbonyl (C=O) groups is 1. The molecule has 1 amide bonds. The predicted molar refractivity (Wildman–Crippen MR) is 41.3 cm³/mol. The van der Waals surface area contributed by atoms with Gasteiger partial charge in [0.05, 0.1) is 0 Å². The molecule has 2 N–H and O–H groups in total. The molecule has 0 radical (unpaired) electrons. The van der Waals surface area contributed by atoms with Crippen molar-refractivity contribution in [2.45, 2.75) is 6.92 Å². The van der Waals surface area contributed by atoms with Gasteiger partial charge < -0.3 is 10.3 Å². The maximum Gasteiger partial charge on any atom is 0.271 e.